The van der Waals surface area contributed by atoms with Crippen molar-refractivity contribution in [3.05, 3.63) is 106 Å². The molecule has 3 heteroatoms. The Balaban J connectivity index is 1.60. The minimum Gasteiger partial charge on any atom is -0.377 e. The van der Waals surface area contributed by atoms with Crippen LogP contribution in [0, 0.1) is 6.92 Å². The van der Waals surface area contributed by atoms with Gasteiger partial charge in [-0.05, 0) is 53.1 Å². The highest BCUT2D eigenvalue weighted by Gasteiger charge is 2.44. The summed E-state index contributed by atoms with van der Waals surface area (Å²) in [7, 11) is 0. The van der Waals surface area contributed by atoms with Crippen molar-refractivity contribution in [2.24, 2.45) is 0 Å². The van der Waals surface area contributed by atoms with Crippen LogP contribution in [-0.2, 0) is 0 Å². The molecule has 2 heterocycles. The summed E-state index contributed by atoms with van der Waals surface area (Å²) >= 11 is 3.69. The summed E-state index contributed by atoms with van der Waals surface area (Å²) in [6.45, 7) is 2.14. The van der Waals surface area contributed by atoms with Crippen molar-refractivity contribution in [3.63, 3.8) is 0 Å². The van der Waals surface area contributed by atoms with Crippen LogP contribution in [0.2, 0.25) is 0 Å². The van der Waals surface area contributed by atoms with Crippen molar-refractivity contribution in [2.75, 3.05) is 10.6 Å². The van der Waals surface area contributed by atoms with Gasteiger partial charge in [0.1, 0.15) is 0 Å². The SMILES string of the molecule is Cc1ccc([C@H]2Nc3ccc4ccccc4c3[C@@H]3Nc4ccc(Br)cc4[C@H]23)cc1. The zero-order valence-corrected chi connectivity index (χ0v) is 17.7. The van der Waals surface area contributed by atoms with Crippen LogP contribution in [0.3, 0.4) is 0 Å². The van der Waals surface area contributed by atoms with Crippen LogP contribution in [0.1, 0.15) is 40.3 Å². The van der Waals surface area contributed by atoms with E-state index in [9.17, 15) is 0 Å². The van der Waals surface area contributed by atoms with Gasteiger partial charge in [-0.1, -0.05) is 76.1 Å². The number of fused-ring (bicyclic) bond motifs is 7. The first-order valence-corrected chi connectivity index (χ1v) is 10.9. The number of rotatable bonds is 1. The maximum atomic E-state index is 3.90. The highest BCUT2D eigenvalue weighted by atomic mass is 79.9. The predicted molar refractivity (Wildman–Crippen MR) is 125 cm³/mol. The first-order valence-electron chi connectivity index (χ1n) is 10.1. The van der Waals surface area contributed by atoms with Gasteiger partial charge >= 0.3 is 0 Å². The number of nitrogens with one attached hydrogen (secondary N) is 2. The van der Waals surface area contributed by atoms with Crippen molar-refractivity contribution >= 4 is 38.1 Å². The zero-order chi connectivity index (χ0) is 19.5. The van der Waals surface area contributed by atoms with Gasteiger partial charge in [-0.15, -0.1) is 0 Å². The Hall–Kier alpha value is -2.78. The monoisotopic (exact) mass is 440 g/mol. The van der Waals surface area contributed by atoms with E-state index in [0.29, 0.717) is 5.92 Å². The largest absolute Gasteiger partial charge is 0.377 e. The Morgan fingerprint density at radius 1 is 0.759 bits per heavy atom. The first kappa shape index (κ1) is 17.1. The predicted octanol–water partition coefficient (Wildman–Crippen LogP) is 7.33. The van der Waals surface area contributed by atoms with E-state index in [1.165, 1.54) is 44.4 Å². The number of hydrogen-bond acceptors (Lipinski definition) is 2. The molecule has 2 N–H and O–H groups in total. The standard InChI is InChI=1S/C26H21BrN2/c1-15-6-8-17(9-7-15)25-24-20-14-18(27)11-13-21(20)28-26(24)23-19-5-3-2-4-16(19)10-12-22(23)29-25/h2-14,24-26,28-29H,1H3/t24-,25-,26+/m1/s1. The molecule has 0 fully saturated rings. The van der Waals surface area contributed by atoms with Gasteiger partial charge in [0.25, 0.3) is 0 Å². The fourth-order valence-electron chi connectivity index (χ4n) is 5.08. The van der Waals surface area contributed by atoms with Gasteiger partial charge in [-0.3, -0.25) is 0 Å². The van der Waals surface area contributed by atoms with E-state index >= 15 is 0 Å². The quantitative estimate of drug-likeness (QED) is 0.323. The minimum absolute atomic E-state index is 0.220. The Bertz CT molecular complexity index is 1250. The number of aryl methyl sites for hydroxylation is 1. The molecular weight excluding hydrogens is 420 g/mol. The minimum atomic E-state index is 0.220. The molecule has 0 amide bonds. The average Bonchev–Trinajstić information content (AvgIpc) is 3.12. The summed E-state index contributed by atoms with van der Waals surface area (Å²) in [5.74, 6) is 0.323. The summed E-state index contributed by atoms with van der Waals surface area (Å²) in [5, 5.41) is 10.4. The third-order valence-corrected chi connectivity index (χ3v) is 6.92. The molecule has 0 spiro atoms. The Labute approximate surface area is 179 Å². The van der Waals surface area contributed by atoms with Gasteiger partial charge in [0.15, 0.2) is 0 Å². The van der Waals surface area contributed by atoms with Crippen molar-refractivity contribution in [1.82, 2.24) is 0 Å². The third-order valence-electron chi connectivity index (χ3n) is 6.43. The van der Waals surface area contributed by atoms with E-state index in [-0.39, 0.29) is 12.1 Å². The fourth-order valence-corrected chi connectivity index (χ4v) is 5.46. The van der Waals surface area contributed by atoms with E-state index in [1.54, 1.807) is 0 Å². The summed E-state index contributed by atoms with van der Waals surface area (Å²) < 4.78 is 1.13. The maximum Gasteiger partial charge on any atom is 0.0632 e. The molecule has 0 bridgehead atoms. The summed E-state index contributed by atoms with van der Waals surface area (Å²) in [6, 6.07) is 29.2. The van der Waals surface area contributed by atoms with Gasteiger partial charge in [0.2, 0.25) is 0 Å². The van der Waals surface area contributed by atoms with Gasteiger partial charge in [-0.25, -0.2) is 0 Å². The van der Waals surface area contributed by atoms with Crippen molar-refractivity contribution in [2.45, 2.75) is 24.9 Å². The number of halogens is 1. The molecular formula is C26H21BrN2. The van der Waals surface area contributed by atoms with E-state index < -0.39 is 0 Å². The normalized spacial score (nSPS) is 21.7. The number of benzene rings is 4. The third kappa shape index (κ3) is 2.61. The second-order valence-corrected chi connectivity index (χ2v) is 9.08. The van der Waals surface area contributed by atoms with Crippen molar-refractivity contribution in [1.29, 1.82) is 0 Å². The van der Waals surface area contributed by atoms with Crippen LogP contribution in [0.25, 0.3) is 10.8 Å². The van der Waals surface area contributed by atoms with Crippen LogP contribution in [-0.4, -0.2) is 0 Å². The second-order valence-electron chi connectivity index (χ2n) is 8.16. The summed E-state index contributed by atoms with van der Waals surface area (Å²) in [5.41, 5.74) is 7.85. The molecule has 0 radical (unpaired) electrons. The molecule has 0 aromatic heterocycles. The first-order chi connectivity index (χ1) is 14.2. The lowest BCUT2D eigenvalue weighted by atomic mass is 9.76. The molecule has 0 aliphatic carbocycles. The number of anilines is 2. The smallest absolute Gasteiger partial charge is 0.0632 e. The van der Waals surface area contributed by atoms with Gasteiger partial charge in [-0.2, -0.15) is 0 Å². The van der Waals surface area contributed by atoms with Gasteiger partial charge < -0.3 is 10.6 Å². The highest BCUT2D eigenvalue weighted by Crippen LogP contribution is 2.57. The Kier molecular flexibility index (Phi) is 3.75. The van der Waals surface area contributed by atoms with E-state index in [1.807, 2.05) is 0 Å². The van der Waals surface area contributed by atoms with Crippen molar-refractivity contribution < 1.29 is 0 Å². The summed E-state index contributed by atoms with van der Waals surface area (Å²) in [4.78, 5) is 0. The van der Waals surface area contributed by atoms with Crippen molar-refractivity contribution in [3.8, 4) is 0 Å². The molecule has 2 nitrogen and oxygen atoms in total. The van der Waals surface area contributed by atoms with E-state index in [4.69, 9.17) is 0 Å². The molecule has 0 saturated heterocycles. The number of hydrogen-bond donors (Lipinski definition) is 2. The van der Waals surface area contributed by atoms with Crippen LogP contribution in [0.15, 0.2) is 83.3 Å². The van der Waals surface area contributed by atoms with Gasteiger partial charge in [0.05, 0.1) is 12.1 Å². The van der Waals surface area contributed by atoms with Gasteiger partial charge in [0, 0.05) is 27.3 Å². The van der Waals surface area contributed by atoms with Crippen LogP contribution >= 0.6 is 15.9 Å². The van der Waals surface area contributed by atoms with Crippen LogP contribution in [0.5, 0.6) is 0 Å². The molecule has 0 saturated carbocycles. The molecule has 142 valence electrons. The Morgan fingerprint density at radius 3 is 2.38 bits per heavy atom. The molecule has 4 aromatic carbocycles. The lowest BCUT2D eigenvalue weighted by Gasteiger charge is -2.38. The molecule has 0 unspecified atom stereocenters. The average molecular weight is 441 g/mol. The highest BCUT2D eigenvalue weighted by molar-refractivity contribution is 9.10. The second kappa shape index (κ2) is 6.36. The van der Waals surface area contributed by atoms with E-state index in [2.05, 4.69) is 112 Å². The van der Waals surface area contributed by atoms with Crippen LogP contribution < -0.4 is 10.6 Å². The fraction of sp³-hybridized carbons (Fsp3) is 0.154. The lowest BCUT2D eigenvalue weighted by molar-refractivity contribution is 0.523. The van der Waals surface area contributed by atoms with Crippen LogP contribution in [0.4, 0.5) is 11.4 Å². The molecule has 4 aromatic rings. The zero-order valence-electron chi connectivity index (χ0n) is 16.1. The molecule has 2 aliphatic heterocycles. The van der Waals surface area contributed by atoms with E-state index in [0.717, 1.165) is 4.47 Å². The topological polar surface area (TPSA) is 24.1 Å². The maximum absolute atomic E-state index is 3.90. The molecule has 2 aliphatic rings. The lowest BCUT2D eigenvalue weighted by Crippen LogP contribution is -2.30. The molecule has 3 atom stereocenters. The summed E-state index contributed by atoms with van der Waals surface area (Å²) in [6.07, 6.45) is 0. The molecule has 6 rings (SSSR count). The Morgan fingerprint density at radius 2 is 1.52 bits per heavy atom. The molecule has 29 heavy (non-hydrogen) atoms.